The summed E-state index contributed by atoms with van der Waals surface area (Å²) in [6.45, 7) is 12.1. The van der Waals surface area contributed by atoms with E-state index in [1.807, 2.05) is 4.68 Å². The van der Waals surface area contributed by atoms with Crippen LogP contribution in [0.5, 0.6) is 0 Å². The molecule has 2 rings (SSSR count). The van der Waals surface area contributed by atoms with Crippen LogP contribution in [-0.4, -0.2) is 20.3 Å². The van der Waals surface area contributed by atoms with Crippen LogP contribution in [0.2, 0.25) is 0 Å². The van der Waals surface area contributed by atoms with Crippen LogP contribution in [0.15, 0.2) is 24.5 Å². The summed E-state index contributed by atoms with van der Waals surface area (Å²) in [6, 6.07) is 6.52. The molecule has 0 unspecified atom stereocenters. The van der Waals surface area contributed by atoms with Crippen LogP contribution in [0.4, 0.5) is 0 Å². The molecule has 0 amide bonds. The van der Waals surface area contributed by atoms with Crippen LogP contribution in [-0.2, 0) is 13.1 Å². The highest BCUT2D eigenvalue weighted by molar-refractivity contribution is 5.29. The number of nitrogens with one attached hydrogen (secondary N) is 1. The van der Waals surface area contributed by atoms with Crippen molar-refractivity contribution in [2.75, 3.05) is 0 Å². The van der Waals surface area contributed by atoms with Gasteiger partial charge in [0, 0.05) is 5.54 Å². The summed E-state index contributed by atoms with van der Waals surface area (Å²) in [7, 11) is 0. The molecule has 1 aromatic carbocycles. The molecule has 0 aliphatic rings. The van der Waals surface area contributed by atoms with E-state index in [-0.39, 0.29) is 5.54 Å². The summed E-state index contributed by atoms with van der Waals surface area (Å²) < 4.78 is 1.89. The normalized spacial score (nSPS) is 11.8. The predicted molar refractivity (Wildman–Crippen MR) is 81.6 cm³/mol. The minimum absolute atomic E-state index is 0.0829. The fourth-order valence-corrected chi connectivity index (χ4v) is 1.92. The molecular weight excluding hydrogens is 248 g/mol. The summed E-state index contributed by atoms with van der Waals surface area (Å²) in [5.74, 6) is 0.837. The first kappa shape index (κ1) is 14.7. The van der Waals surface area contributed by atoms with Crippen molar-refractivity contribution in [2.24, 2.45) is 0 Å². The number of benzene rings is 1. The molecule has 0 radical (unpaired) electrons. The van der Waals surface area contributed by atoms with Crippen LogP contribution in [0.25, 0.3) is 0 Å². The van der Waals surface area contributed by atoms with Gasteiger partial charge in [-0.2, -0.15) is 5.10 Å². The molecule has 4 heteroatoms. The Labute approximate surface area is 121 Å². The van der Waals surface area contributed by atoms with Gasteiger partial charge in [-0.25, -0.2) is 9.67 Å². The molecule has 4 nitrogen and oxygen atoms in total. The maximum atomic E-state index is 4.50. The summed E-state index contributed by atoms with van der Waals surface area (Å²) in [5.41, 5.74) is 3.98. The minimum atomic E-state index is 0.0829. The zero-order chi connectivity index (χ0) is 14.8. The van der Waals surface area contributed by atoms with E-state index >= 15 is 0 Å². The highest BCUT2D eigenvalue weighted by Gasteiger charge is 2.10. The lowest BCUT2D eigenvalue weighted by Crippen LogP contribution is -2.35. The number of hydrogen-bond acceptors (Lipinski definition) is 3. The molecule has 1 heterocycles. The molecule has 0 aliphatic heterocycles. The number of nitrogens with zero attached hydrogens (tertiary/aromatic N) is 3. The zero-order valence-electron chi connectivity index (χ0n) is 13.1. The maximum Gasteiger partial charge on any atom is 0.164 e. The van der Waals surface area contributed by atoms with Gasteiger partial charge in [0.25, 0.3) is 0 Å². The van der Waals surface area contributed by atoms with E-state index in [2.05, 4.69) is 68.2 Å². The molecule has 1 N–H and O–H groups in total. The Kier molecular flexibility index (Phi) is 4.23. The van der Waals surface area contributed by atoms with E-state index < -0.39 is 0 Å². The molecule has 108 valence electrons. The molecule has 0 spiro atoms. The first-order chi connectivity index (χ1) is 9.33. The standard InChI is InChI=1S/C16H24N4/c1-12-6-7-14(8-13(12)2)10-20-11-17-15(19-20)9-18-16(3,4)5/h6-8,11,18H,9-10H2,1-5H3. The Hall–Kier alpha value is -1.68. The van der Waals surface area contributed by atoms with Gasteiger partial charge >= 0.3 is 0 Å². The molecule has 0 saturated carbocycles. The van der Waals surface area contributed by atoms with Gasteiger partial charge in [-0.1, -0.05) is 18.2 Å². The lowest BCUT2D eigenvalue weighted by molar-refractivity contribution is 0.417. The summed E-state index contributed by atoms with van der Waals surface area (Å²) >= 11 is 0. The first-order valence-corrected chi connectivity index (χ1v) is 7.03. The molecule has 0 saturated heterocycles. The Balaban J connectivity index is 2.00. The monoisotopic (exact) mass is 272 g/mol. The Morgan fingerprint density at radius 2 is 1.90 bits per heavy atom. The minimum Gasteiger partial charge on any atom is -0.305 e. The number of aromatic nitrogens is 3. The Morgan fingerprint density at radius 1 is 1.15 bits per heavy atom. The fraction of sp³-hybridized carbons (Fsp3) is 0.500. The largest absolute Gasteiger partial charge is 0.305 e. The Bertz CT molecular complexity index is 578. The molecule has 2 aromatic rings. The van der Waals surface area contributed by atoms with Gasteiger partial charge in [-0.15, -0.1) is 0 Å². The molecule has 0 bridgehead atoms. The topological polar surface area (TPSA) is 42.7 Å². The number of hydrogen-bond donors (Lipinski definition) is 1. The summed E-state index contributed by atoms with van der Waals surface area (Å²) in [5, 5.41) is 7.90. The quantitative estimate of drug-likeness (QED) is 0.930. The zero-order valence-corrected chi connectivity index (χ0v) is 13.1. The van der Waals surface area contributed by atoms with Crippen molar-refractivity contribution in [1.82, 2.24) is 20.1 Å². The summed E-state index contributed by atoms with van der Waals surface area (Å²) in [4.78, 5) is 4.34. The van der Waals surface area contributed by atoms with Gasteiger partial charge in [0.1, 0.15) is 6.33 Å². The van der Waals surface area contributed by atoms with Gasteiger partial charge in [0.15, 0.2) is 5.82 Å². The SMILES string of the molecule is Cc1ccc(Cn2cnc(CNC(C)(C)C)n2)cc1C. The van der Waals surface area contributed by atoms with Gasteiger partial charge in [0.05, 0.1) is 13.1 Å². The van der Waals surface area contributed by atoms with Crippen LogP contribution in [0.1, 0.15) is 43.3 Å². The number of rotatable bonds is 4. The summed E-state index contributed by atoms with van der Waals surface area (Å²) in [6.07, 6.45) is 1.80. The highest BCUT2D eigenvalue weighted by atomic mass is 15.3. The van der Waals surface area contributed by atoms with Gasteiger partial charge in [-0.3, -0.25) is 0 Å². The van der Waals surface area contributed by atoms with Crippen molar-refractivity contribution < 1.29 is 0 Å². The molecule has 1 aromatic heterocycles. The Morgan fingerprint density at radius 3 is 2.55 bits per heavy atom. The lowest BCUT2D eigenvalue weighted by Gasteiger charge is -2.19. The predicted octanol–water partition coefficient (Wildman–Crippen LogP) is 2.83. The van der Waals surface area contributed by atoms with Crippen molar-refractivity contribution in [3.8, 4) is 0 Å². The van der Waals surface area contributed by atoms with E-state index in [9.17, 15) is 0 Å². The third-order valence-corrected chi connectivity index (χ3v) is 3.28. The lowest BCUT2D eigenvalue weighted by atomic mass is 10.1. The second-order valence-electron chi connectivity index (χ2n) is 6.38. The van der Waals surface area contributed by atoms with Crippen LogP contribution >= 0.6 is 0 Å². The molecular formula is C16H24N4. The van der Waals surface area contributed by atoms with E-state index in [0.29, 0.717) is 6.54 Å². The molecule has 0 atom stereocenters. The molecule has 0 aliphatic carbocycles. The molecule has 0 fully saturated rings. The van der Waals surface area contributed by atoms with E-state index in [0.717, 1.165) is 12.4 Å². The van der Waals surface area contributed by atoms with Crippen LogP contribution < -0.4 is 5.32 Å². The smallest absolute Gasteiger partial charge is 0.164 e. The fourth-order valence-electron chi connectivity index (χ4n) is 1.92. The average molecular weight is 272 g/mol. The second kappa shape index (κ2) is 5.75. The van der Waals surface area contributed by atoms with Crippen molar-refractivity contribution in [3.63, 3.8) is 0 Å². The van der Waals surface area contributed by atoms with Crippen molar-refractivity contribution in [1.29, 1.82) is 0 Å². The van der Waals surface area contributed by atoms with Gasteiger partial charge in [0.2, 0.25) is 0 Å². The van der Waals surface area contributed by atoms with Gasteiger partial charge < -0.3 is 5.32 Å². The van der Waals surface area contributed by atoms with Crippen molar-refractivity contribution >= 4 is 0 Å². The van der Waals surface area contributed by atoms with E-state index in [4.69, 9.17) is 0 Å². The molecule has 20 heavy (non-hydrogen) atoms. The number of aryl methyl sites for hydroxylation is 2. The van der Waals surface area contributed by atoms with E-state index in [1.165, 1.54) is 16.7 Å². The van der Waals surface area contributed by atoms with E-state index in [1.54, 1.807) is 6.33 Å². The van der Waals surface area contributed by atoms with Crippen molar-refractivity contribution in [3.05, 3.63) is 47.0 Å². The van der Waals surface area contributed by atoms with Crippen LogP contribution in [0.3, 0.4) is 0 Å². The first-order valence-electron chi connectivity index (χ1n) is 7.03. The van der Waals surface area contributed by atoms with Crippen molar-refractivity contribution in [2.45, 2.75) is 53.2 Å². The van der Waals surface area contributed by atoms with Crippen LogP contribution in [0, 0.1) is 13.8 Å². The highest BCUT2D eigenvalue weighted by Crippen LogP contribution is 2.11. The van der Waals surface area contributed by atoms with Gasteiger partial charge in [-0.05, 0) is 51.3 Å². The maximum absolute atomic E-state index is 4.50. The second-order valence-corrected chi connectivity index (χ2v) is 6.38. The third kappa shape index (κ3) is 4.17. The third-order valence-electron chi connectivity index (χ3n) is 3.28. The average Bonchev–Trinajstić information content (AvgIpc) is 2.78.